The lowest BCUT2D eigenvalue weighted by atomic mass is 10.1. The molecule has 0 aliphatic carbocycles. The average Bonchev–Trinajstić information content (AvgIpc) is 2.73. The second-order valence-electron chi connectivity index (χ2n) is 4.93. The van der Waals surface area contributed by atoms with Gasteiger partial charge in [0.25, 0.3) is 0 Å². The normalized spacial score (nSPS) is 11.6. The molecular weight excluding hydrogens is 303 g/mol. The minimum absolute atomic E-state index is 0.515. The first kappa shape index (κ1) is 14.2. The van der Waals surface area contributed by atoms with Gasteiger partial charge in [-0.1, -0.05) is 41.4 Å². The third-order valence-corrected chi connectivity index (χ3v) is 4.43. The third kappa shape index (κ3) is 2.57. The number of aliphatic imine (C=N–C) groups is 1. The largest absolute Gasteiger partial charge is 0.347 e. The van der Waals surface area contributed by atoms with Gasteiger partial charge in [-0.2, -0.15) is 0 Å². The molecule has 0 aliphatic heterocycles. The van der Waals surface area contributed by atoms with Crippen LogP contribution in [-0.2, 0) is 7.05 Å². The first-order valence-electron chi connectivity index (χ1n) is 6.61. The summed E-state index contributed by atoms with van der Waals surface area (Å²) in [7, 11) is 2.06. The van der Waals surface area contributed by atoms with E-state index in [1.807, 2.05) is 24.4 Å². The van der Waals surface area contributed by atoms with Gasteiger partial charge in [-0.3, -0.25) is 4.99 Å². The number of halogens is 2. The maximum atomic E-state index is 6.02. The van der Waals surface area contributed by atoms with E-state index in [4.69, 9.17) is 23.2 Å². The van der Waals surface area contributed by atoms with E-state index in [-0.39, 0.29) is 0 Å². The summed E-state index contributed by atoms with van der Waals surface area (Å²) in [5.41, 5.74) is 4.29. The quantitative estimate of drug-likeness (QED) is 0.552. The van der Waals surface area contributed by atoms with Crippen molar-refractivity contribution >= 4 is 46.0 Å². The first-order chi connectivity index (χ1) is 10.1. The molecular formula is C17H14Cl2N2. The lowest BCUT2D eigenvalue weighted by Gasteiger charge is -1.99. The lowest BCUT2D eigenvalue weighted by Crippen LogP contribution is -1.91. The Morgan fingerprint density at radius 2 is 1.81 bits per heavy atom. The third-order valence-electron chi connectivity index (χ3n) is 3.69. The van der Waals surface area contributed by atoms with Gasteiger partial charge < -0.3 is 4.57 Å². The fourth-order valence-corrected chi connectivity index (χ4v) is 2.71. The maximum Gasteiger partial charge on any atom is 0.0645 e. The molecule has 0 saturated heterocycles. The van der Waals surface area contributed by atoms with Crippen LogP contribution in [0.4, 0.5) is 5.69 Å². The molecule has 2 nitrogen and oxygen atoms in total. The van der Waals surface area contributed by atoms with Crippen LogP contribution >= 0.6 is 23.2 Å². The number of hydrogen-bond acceptors (Lipinski definition) is 1. The fourth-order valence-electron chi connectivity index (χ4n) is 2.42. The molecule has 1 heterocycles. The van der Waals surface area contributed by atoms with E-state index in [9.17, 15) is 0 Å². The summed E-state index contributed by atoms with van der Waals surface area (Å²) in [5.74, 6) is 0. The van der Waals surface area contributed by atoms with Gasteiger partial charge in [0.05, 0.1) is 15.7 Å². The Kier molecular flexibility index (Phi) is 3.75. The van der Waals surface area contributed by atoms with Crippen LogP contribution < -0.4 is 0 Å². The van der Waals surface area contributed by atoms with Crippen molar-refractivity contribution in [3.8, 4) is 0 Å². The van der Waals surface area contributed by atoms with Gasteiger partial charge in [-0.15, -0.1) is 0 Å². The molecule has 2 aromatic carbocycles. The second-order valence-corrected chi connectivity index (χ2v) is 5.75. The molecule has 21 heavy (non-hydrogen) atoms. The molecule has 0 unspecified atom stereocenters. The van der Waals surface area contributed by atoms with E-state index in [1.54, 1.807) is 12.1 Å². The van der Waals surface area contributed by atoms with E-state index < -0.39 is 0 Å². The van der Waals surface area contributed by atoms with Gasteiger partial charge in [-0.05, 0) is 31.2 Å². The molecule has 0 fully saturated rings. The van der Waals surface area contributed by atoms with Crippen molar-refractivity contribution < 1.29 is 0 Å². The van der Waals surface area contributed by atoms with Crippen molar-refractivity contribution in [2.24, 2.45) is 12.0 Å². The van der Waals surface area contributed by atoms with Gasteiger partial charge in [0, 0.05) is 35.4 Å². The Balaban J connectivity index is 2.07. The number of hydrogen-bond donors (Lipinski definition) is 0. The zero-order valence-corrected chi connectivity index (χ0v) is 13.3. The number of benzene rings is 2. The number of aromatic nitrogens is 1. The summed E-state index contributed by atoms with van der Waals surface area (Å²) in [6, 6.07) is 13.7. The van der Waals surface area contributed by atoms with Crippen LogP contribution in [0.5, 0.6) is 0 Å². The fraction of sp³-hybridized carbons (Fsp3) is 0.118. The summed E-state index contributed by atoms with van der Waals surface area (Å²) in [5, 5.41) is 2.25. The Morgan fingerprint density at radius 1 is 1.05 bits per heavy atom. The highest BCUT2D eigenvalue weighted by molar-refractivity contribution is 6.42. The van der Waals surface area contributed by atoms with E-state index in [0.717, 1.165) is 11.3 Å². The molecule has 1 aromatic heterocycles. The number of para-hydroxylation sites is 1. The highest BCUT2D eigenvalue weighted by atomic mass is 35.5. The molecule has 4 heteroatoms. The standard InChI is InChI=1S/C17H14Cl2N2/c1-11-14(13-5-3-4-6-17(13)21(11)2)10-20-12-7-8-15(18)16(19)9-12/h3-10H,1-2H3. The van der Waals surface area contributed by atoms with E-state index >= 15 is 0 Å². The molecule has 0 bridgehead atoms. The average molecular weight is 317 g/mol. The van der Waals surface area contributed by atoms with Crippen molar-refractivity contribution in [2.45, 2.75) is 6.92 Å². The van der Waals surface area contributed by atoms with E-state index in [2.05, 4.69) is 35.7 Å². The van der Waals surface area contributed by atoms with Crippen molar-refractivity contribution in [2.75, 3.05) is 0 Å². The molecule has 0 saturated carbocycles. The smallest absolute Gasteiger partial charge is 0.0645 e. The maximum absolute atomic E-state index is 6.02. The summed E-state index contributed by atoms with van der Waals surface area (Å²) >= 11 is 11.9. The molecule has 0 atom stereocenters. The summed E-state index contributed by atoms with van der Waals surface area (Å²) in [4.78, 5) is 4.52. The van der Waals surface area contributed by atoms with Crippen LogP contribution in [0.2, 0.25) is 10.0 Å². The van der Waals surface area contributed by atoms with Crippen molar-refractivity contribution in [1.29, 1.82) is 0 Å². The Bertz CT molecular complexity index is 847. The zero-order valence-electron chi connectivity index (χ0n) is 11.8. The monoisotopic (exact) mass is 316 g/mol. The Morgan fingerprint density at radius 3 is 2.57 bits per heavy atom. The summed E-state index contributed by atoms with van der Waals surface area (Å²) in [6.45, 7) is 2.09. The predicted octanol–water partition coefficient (Wildman–Crippen LogP) is 5.54. The van der Waals surface area contributed by atoms with Gasteiger partial charge in [0.15, 0.2) is 0 Å². The summed E-state index contributed by atoms with van der Waals surface area (Å²) < 4.78 is 2.17. The minimum atomic E-state index is 0.515. The molecule has 0 spiro atoms. The van der Waals surface area contributed by atoms with Crippen LogP contribution in [-0.4, -0.2) is 10.8 Å². The van der Waals surface area contributed by atoms with Crippen LogP contribution in [0.1, 0.15) is 11.3 Å². The Labute approximate surface area is 133 Å². The number of aryl methyl sites for hydroxylation is 1. The minimum Gasteiger partial charge on any atom is -0.347 e. The van der Waals surface area contributed by atoms with Gasteiger partial charge in [0.1, 0.15) is 0 Å². The van der Waals surface area contributed by atoms with Crippen molar-refractivity contribution in [3.05, 3.63) is 63.8 Å². The molecule has 0 radical (unpaired) electrons. The van der Waals surface area contributed by atoms with Crippen LogP contribution in [0, 0.1) is 6.92 Å². The SMILES string of the molecule is Cc1c(C=Nc2ccc(Cl)c(Cl)c2)c2ccccc2n1C. The van der Waals surface area contributed by atoms with Gasteiger partial charge in [0.2, 0.25) is 0 Å². The van der Waals surface area contributed by atoms with Crippen LogP contribution in [0.15, 0.2) is 47.5 Å². The highest BCUT2D eigenvalue weighted by Crippen LogP contribution is 2.28. The number of fused-ring (bicyclic) bond motifs is 1. The van der Waals surface area contributed by atoms with Crippen LogP contribution in [0.25, 0.3) is 10.9 Å². The lowest BCUT2D eigenvalue weighted by molar-refractivity contribution is 0.917. The van der Waals surface area contributed by atoms with E-state index in [1.165, 1.54) is 16.6 Å². The second kappa shape index (κ2) is 5.55. The molecule has 106 valence electrons. The Hall–Kier alpha value is -1.77. The predicted molar refractivity (Wildman–Crippen MR) is 91.4 cm³/mol. The van der Waals surface area contributed by atoms with Gasteiger partial charge >= 0.3 is 0 Å². The molecule has 0 N–H and O–H groups in total. The highest BCUT2D eigenvalue weighted by Gasteiger charge is 2.09. The molecule has 3 aromatic rings. The van der Waals surface area contributed by atoms with E-state index in [0.29, 0.717) is 10.0 Å². The molecule has 3 rings (SSSR count). The molecule has 0 aliphatic rings. The van der Waals surface area contributed by atoms with Gasteiger partial charge in [-0.25, -0.2) is 0 Å². The number of nitrogens with zero attached hydrogens (tertiary/aromatic N) is 2. The number of rotatable bonds is 2. The zero-order chi connectivity index (χ0) is 15.0. The van der Waals surface area contributed by atoms with Crippen LogP contribution in [0.3, 0.4) is 0 Å². The first-order valence-corrected chi connectivity index (χ1v) is 7.36. The van der Waals surface area contributed by atoms with Crippen molar-refractivity contribution in [1.82, 2.24) is 4.57 Å². The molecule has 0 amide bonds. The van der Waals surface area contributed by atoms with Crippen molar-refractivity contribution in [3.63, 3.8) is 0 Å². The summed E-state index contributed by atoms with van der Waals surface area (Å²) in [6.07, 6.45) is 1.89. The topological polar surface area (TPSA) is 17.3 Å².